The molecule has 1 aromatic rings. The highest BCUT2D eigenvalue weighted by atomic mass is 32.1. The van der Waals surface area contributed by atoms with E-state index in [1.165, 1.54) is 22.6 Å². The first-order valence-electron chi connectivity index (χ1n) is 6.55. The Morgan fingerprint density at radius 1 is 1.41 bits per heavy atom. The van der Waals surface area contributed by atoms with Gasteiger partial charge in [0.15, 0.2) is 0 Å². The van der Waals surface area contributed by atoms with Crippen LogP contribution in [-0.4, -0.2) is 18.2 Å². The van der Waals surface area contributed by atoms with E-state index >= 15 is 0 Å². The minimum Gasteiger partial charge on any atom is -0.371 e. The van der Waals surface area contributed by atoms with E-state index < -0.39 is 0 Å². The van der Waals surface area contributed by atoms with E-state index in [-0.39, 0.29) is 5.60 Å². The molecule has 96 valence electrons. The van der Waals surface area contributed by atoms with Crippen LogP contribution in [0.15, 0.2) is 12.1 Å². The third-order valence-electron chi connectivity index (χ3n) is 3.29. The predicted octanol–water partition coefficient (Wildman–Crippen LogP) is 3.36. The number of nitrogens with one attached hydrogen (secondary N) is 1. The molecular formula is C14H23NOS. The number of aryl methyl sites for hydroxylation is 1. The molecule has 0 saturated carbocycles. The van der Waals surface area contributed by atoms with Gasteiger partial charge in [-0.25, -0.2) is 0 Å². The fraction of sp³-hybridized carbons (Fsp3) is 0.714. The first-order valence-corrected chi connectivity index (χ1v) is 7.37. The van der Waals surface area contributed by atoms with Gasteiger partial charge in [0.1, 0.15) is 0 Å². The molecule has 2 rings (SSSR count). The molecule has 17 heavy (non-hydrogen) atoms. The van der Waals surface area contributed by atoms with E-state index in [9.17, 15) is 0 Å². The quantitative estimate of drug-likeness (QED) is 0.869. The first-order chi connectivity index (χ1) is 8.09. The van der Waals surface area contributed by atoms with Gasteiger partial charge in [-0.2, -0.15) is 0 Å². The second-order valence-electron chi connectivity index (χ2n) is 5.39. The van der Waals surface area contributed by atoms with Crippen LogP contribution in [0.3, 0.4) is 0 Å². The minimum absolute atomic E-state index is 0.0880. The van der Waals surface area contributed by atoms with Crippen LogP contribution >= 0.6 is 11.3 Å². The molecule has 2 heterocycles. The molecular weight excluding hydrogens is 230 g/mol. The standard InChI is InChI=1S/C14H23NOS/c1-4-12-5-6-13(17-12)10-15-9-11-7-8-14(2,3)16-11/h5-6,11,15H,4,7-10H2,1-3H3. The number of ether oxygens (including phenoxy) is 1. The van der Waals surface area contributed by atoms with Crippen LogP contribution in [0.1, 0.15) is 43.4 Å². The van der Waals surface area contributed by atoms with Crippen molar-refractivity contribution in [2.45, 2.75) is 58.3 Å². The summed E-state index contributed by atoms with van der Waals surface area (Å²) in [7, 11) is 0. The second-order valence-corrected chi connectivity index (χ2v) is 6.64. The third kappa shape index (κ3) is 3.80. The number of rotatable bonds is 5. The molecule has 1 saturated heterocycles. The zero-order chi connectivity index (χ0) is 12.3. The molecule has 1 aliphatic rings. The summed E-state index contributed by atoms with van der Waals surface area (Å²) in [5.41, 5.74) is 0.0880. The van der Waals surface area contributed by atoms with Crippen molar-refractivity contribution < 1.29 is 4.74 Å². The molecule has 0 amide bonds. The summed E-state index contributed by atoms with van der Waals surface area (Å²) in [5, 5.41) is 3.50. The van der Waals surface area contributed by atoms with Crippen molar-refractivity contribution in [3.63, 3.8) is 0 Å². The normalized spacial score (nSPS) is 23.1. The van der Waals surface area contributed by atoms with Crippen molar-refractivity contribution in [3.05, 3.63) is 21.9 Å². The van der Waals surface area contributed by atoms with E-state index in [1.807, 2.05) is 11.3 Å². The molecule has 1 unspecified atom stereocenters. The van der Waals surface area contributed by atoms with Gasteiger partial charge in [0.2, 0.25) is 0 Å². The van der Waals surface area contributed by atoms with E-state index in [2.05, 4.69) is 38.2 Å². The Morgan fingerprint density at radius 2 is 2.18 bits per heavy atom. The van der Waals surface area contributed by atoms with E-state index in [0.717, 1.165) is 19.5 Å². The zero-order valence-electron chi connectivity index (χ0n) is 11.1. The Kier molecular flexibility index (Phi) is 4.23. The largest absolute Gasteiger partial charge is 0.371 e. The highest BCUT2D eigenvalue weighted by molar-refractivity contribution is 7.11. The van der Waals surface area contributed by atoms with Crippen LogP contribution in [-0.2, 0) is 17.7 Å². The Balaban J connectivity index is 1.69. The topological polar surface area (TPSA) is 21.3 Å². The maximum Gasteiger partial charge on any atom is 0.0707 e. The monoisotopic (exact) mass is 253 g/mol. The molecule has 3 heteroatoms. The predicted molar refractivity (Wildman–Crippen MR) is 73.6 cm³/mol. The van der Waals surface area contributed by atoms with Gasteiger partial charge in [-0.05, 0) is 45.2 Å². The fourth-order valence-corrected chi connectivity index (χ4v) is 3.21. The number of thiophene rings is 1. The Labute approximate surface area is 108 Å². The van der Waals surface area contributed by atoms with Gasteiger partial charge in [-0.1, -0.05) is 6.92 Å². The zero-order valence-corrected chi connectivity index (χ0v) is 11.9. The Hall–Kier alpha value is -0.380. The maximum absolute atomic E-state index is 5.95. The summed E-state index contributed by atoms with van der Waals surface area (Å²) in [6, 6.07) is 4.47. The summed E-state index contributed by atoms with van der Waals surface area (Å²) in [6.45, 7) is 8.52. The summed E-state index contributed by atoms with van der Waals surface area (Å²) in [4.78, 5) is 2.90. The van der Waals surface area contributed by atoms with Crippen LogP contribution in [0.5, 0.6) is 0 Å². The summed E-state index contributed by atoms with van der Waals surface area (Å²) >= 11 is 1.91. The van der Waals surface area contributed by atoms with Gasteiger partial charge in [0.25, 0.3) is 0 Å². The summed E-state index contributed by atoms with van der Waals surface area (Å²) in [6.07, 6.45) is 3.91. The molecule has 2 nitrogen and oxygen atoms in total. The number of hydrogen-bond acceptors (Lipinski definition) is 3. The molecule has 1 atom stereocenters. The minimum atomic E-state index is 0.0880. The SMILES string of the molecule is CCc1ccc(CNCC2CCC(C)(C)O2)s1. The van der Waals surface area contributed by atoms with Gasteiger partial charge in [0, 0.05) is 22.8 Å². The maximum atomic E-state index is 5.95. The smallest absolute Gasteiger partial charge is 0.0707 e. The van der Waals surface area contributed by atoms with Gasteiger partial charge in [-0.3, -0.25) is 0 Å². The van der Waals surface area contributed by atoms with Crippen LogP contribution in [0, 0.1) is 0 Å². The van der Waals surface area contributed by atoms with E-state index in [1.54, 1.807) is 0 Å². The van der Waals surface area contributed by atoms with Crippen molar-refractivity contribution in [2.75, 3.05) is 6.54 Å². The molecule has 1 N–H and O–H groups in total. The fourth-order valence-electron chi connectivity index (χ4n) is 2.29. The molecule has 0 aliphatic carbocycles. The number of hydrogen-bond donors (Lipinski definition) is 1. The van der Waals surface area contributed by atoms with Gasteiger partial charge in [-0.15, -0.1) is 11.3 Å². The average molecular weight is 253 g/mol. The highest BCUT2D eigenvalue weighted by Gasteiger charge is 2.31. The lowest BCUT2D eigenvalue weighted by Gasteiger charge is -2.19. The van der Waals surface area contributed by atoms with Crippen LogP contribution in [0.4, 0.5) is 0 Å². The molecule has 1 fully saturated rings. The third-order valence-corrected chi connectivity index (χ3v) is 4.52. The Morgan fingerprint density at radius 3 is 2.76 bits per heavy atom. The van der Waals surface area contributed by atoms with E-state index in [4.69, 9.17) is 4.74 Å². The van der Waals surface area contributed by atoms with Crippen LogP contribution < -0.4 is 5.32 Å². The Bertz CT molecular complexity index is 359. The molecule has 0 radical (unpaired) electrons. The average Bonchev–Trinajstić information content (AvgIpc) is 2.85. The van der Waals surface area contributed by atoms with Crippen LogP contribution in [0.2, 0.25) is 0 Å². The summed E-state index contributed by atoms with van der Waals surface area (Å²) in [5.74, 6) is 0. The summed E-state index contributed by atoms with van der Waals surface area (Å²) < 4.78 is 5.95. The van der Waals surface area contributed by atoms with Crippen LogP contribution in [0.25, 0.3) is 0 Å². The van der Waals surface area contributed by atoms with Crippen molar-refractivity contribution in [3.8, 4) is 0 Å². The molecule has 1 aromatic heterocycles. The van der Waals surface area contributed by atoms with Crippen molar-refractivity contribution in [1.82, 2.24) is 5.32 Å². The van der Waals surface area contributed by atoms with Crippen molar-refractivity contribution in [2.24, 2.45) is 0 Å². The van der Waals surface area contributed by atoms with Crippen molar-refractivity contribution >= 4 is 11.3 Å². The van der Waals surface area contributed by atoms with Crippen molar-refractivity contribution in [1.29, 1.82) is 0 Å². The van der Waals surface area contributed by atoms with E-state index in [0.29, 0.717) is 6.10 Å². The molecule has 0 spiro atoms. The highest BCUT2D eigenvalue weighted by Crippen LogP contribution is 2.28. The van der Waals surface area contributed by atoms with Gasteiger partial charge < -0.3 is 10.1 Å². The van der Waals surface area contributed by atoms with Gasteiger partial charge >= 0.3 is 0 Å². The second kappa shape index (κ2) is 5.51. The molecule has 0 bridgehead atoms. The molecule has 1 aliphatic heterocycles. The lowest BCUT2D eigenvalue weighted by molar-refractivity contribution is -0.0142. The first kappa shape index (κ1) is 13.1. The lowest BCUT2D eigenvalue weighted by atomic mass is 10.1. The molecule has 0 aromatic carbocycles. The lowest BCUT2D eigenvalue weighted by Crippen LogP contribution is -2.28. The van der Waals surface area contributed by atoms with Gasteiger partial charge in [0.05, 0.1) is 11.7 Å².